The molecule has 1 aliphatic rings. The summed E-state index contributed by atoms with van der Waals surface area (Å²) in [5.41, 5.74) is 0.569. The average Bonchev–Trinajstić information content (AvgIpc) is 2.64. The quantitative estimate of drug-likeness (QED) is 0.719. The second-order valence-electron chi connectivity index (χ2n) is 4.56. The Kier molecular flexibility index (Phi) is 3.50. The van der Waals surface area contributed by atoms with Crippen LogP contribution in [0.15, 0.2) is 11.1 Å². The molecule has 3 N–H and O–H groups in total. The lowest BCUT2D eigenvalue weighted by Crippen LogP contribution is -2.46. The van der Waals surface area contributed by atoms with Crippen molar-refractivity contribution in [3.05, 3.63) is 11.9 Å². The number of nitrogens with zero attached hydrogens (tertiary/aromatic N) is 1. The molecule has 0 radical (unpaired) electrons. The molecule has 6 nitrogen and oxygen atoms in total. The van der Waals surface area contributed by atoms with Gasteiger partial charge in [0, 0.05) is 12.1 Å². The first-order valence-corrected chi connectivity index (χ1v) is 7.23. The van der Waals surface area contributed by atoms with E-state index in [1.54, 1.807) is 6.92 Å². The first kappa shape index (κ1) is 12.5. The Balaban J connectivity index is 2.10. The number of piperidine rings is 1. The number of nitrogens with one attached hydrogen (secondary N) is 3. The average molecular weight is 258 g/mol. The maximum atomic E-state index is 12.1. The fraction of sp³-hybridized carbons (Fsp3) is 0.700. The third kappa shape index (κ3) is 2.85. The van der Waals surface area contributed by atoms with Crippen molar-refractivity contribution >= 4 is 10.0 Å². The molecule has 0 aliphatic carbocycles. The van der Waals surface area contributed by atoms with E-state index in [-0.39, 0.29) is 10.9 Å². The van der Waals surface area contributed by atoms with Gasteiger partial charge in [0.25, 0.3) is 0 Å². The van der Waals surface area contributed by atoms with Gasteiger partial charge in [-0.2, -0.15) is 5.10 Å². The summed E-state index contributed by atoms with van der Waals surface area (Å²) >= 11 is 0. The standard InChI is InChI=1S/C10H18N4O2S/c1-7-5-9(3-4-11-7)14-17(15,16)10-6-12-13-8(10)2/h6-7,9,11,14H,3-5H2,1-2H3,(H,12,13). The first-order valence-electron chi connectivity index (χ1n) is 5.75. The molecule has 1 saturated heterocycles. The summed E-state index contributed by atoms with van der Waals surface area (Å²) < 4.78 is 26.9. The van der Waals surface area contributed by atoms with Crippen LogP contribution in [0.25, 0.3) is 0 Å². The lowest BCUT2D eigenvalue weighted by atomic mass is 10.0. The fourth-order valence-corrected chi connectivity index (χ4v) is 3.55. The number of aryl methyl sites for hydroxylation is 1. The maximum Gasteiger partial charge on any atom is 0.244 e. The number of sulfonamides is 1. The summed E-state index contributed by atoms with van der Waals surface area (Å²) in [5, 5.41) is 9.67. The van der Waals surface area contributed by atoms with E-state index in [4.69, 9.17) is 0 Å². The molecular weight excluding hydrogens is 240 g/mol. The zero-order chi connectivity index (χ0) is 12.5. The van der Waals surface area contributed by atoms with Crippen LogP contribution in [-0.4, -0.2) is 37.2 Å². The number of aromatic nitrogens is 2. The largest absolute Gasteiger partial charge is 0.314 e. The second kappa shape index (κ2) is 4.75. The highest BCUT2D eigenvalue weighted by atomic mass is 32.2. The molecule has 17 heavy (non-hydrogen) atoms. The Labute approximate surface area is 101 Å². The highest BCUT2D eigenvalue weighted by Gasteiger charge is 2.26. The summed E-state index contributed by atoms with van der Waals surface area (Å²) in [6, 6.07) is 0.354. The minimum atomic E-state index is -3.44. The monoisotopic (exact) mass is 258 g/mol. The van der Waals surface area contributed by atoms with E-state index in [2.05, 4.69) is 27.2 Å². The lowest BCUT2D eigenvalue weighted by molar-refractivity contribution is 0.361. The van der Waals surface area contributed by atoms with Crippen LogP contribution in [0.4, 0.5) is 0 Å². The van der Waals surface area contributed by atoms with E-state index in [1.807, 2.05) is 0 Å². The number of rotatable bonds is 3. The lowest BCUT2D eigenvalue weighted by Gasteiger charge is -2.28. The van der Waals surface area contributed by atoms with Crippen LogP contribution in [0, 0.1) is 6.92 Å². The predicted molar refractivity (Wildman–Crippen MR) is 64.1 cm³/mol. The summed E-state index contributed by atoms with van der Waals surface area (Å²) in [5.74, 6) is 0. The molecule has 1 aliphatic heterocycles. The molecule has 0 saturated carbocycles. The maximum absolute atomic E-state index is 12.1. The highest BCUT2D eigenvalue weighted by molar-refractivity contribution is 7.89. The number of hydrogen-bond acceptors (Lipinski definition) is 4. The molecule has 96 valence electrons. The molecule has 2 unspecified atom stereocenters. The van der Waals surface area contributed by atoms with Crippen molar-refractivity contribution in [3.63, 3.8) is 0 Å². The van der Waals surface area contributed by atoms with Crippen molar-refractivity contribution in [3.8, 4) is 0 Å². The summed E-state index contributed by atoms with van der Waals surface area (Å²) in [6.45, 7) is 4.61. The summed E-state index contributed by atoms with van der Waals surface area (Å²) in [4.78, 5) is 0.240. The zero-order valence-corrected chi connectivity index (χ0v) is 10.8. The van der Waals surface area contributed by atoms with E-state index in [9.17, 15) is 8.42 Å². The molecule has 1 aromatic heterocycles. The van der Waals surface area contributed by atoms with Crippen molar-refractivity contribution in [2.45, 2.75) is 43.7 Å². The molecule has 7 heteroatoms. The van der Waals surface area contributed by atoms with Gasteiger partial charge in [-0.25, -0.2) is 13.1 Å². The van der Waals surface area contributed by atoms with Gasteiger partial charge in [0.1, 0.15) is 4.90 Å². The molecule has 1 fully saturated rings. The highest BCUT2D eigenvalue weighted by Crippen LogP contribution is 2.15. The van der Waals surface area contributed by atoms with Crippen molar-refractivity contribution in [2.75, 3.05) is 6.54 Å². The van der Waals surface area contributed by atoms with Crippen molar-refractivity contribution in [2.24, 2.45) is 0 Å². The van der Waals surface area contributed by atoms with E-state index >= 15 is 0 Å². The Hall–Kier alpha value is -0.920. The molecule has 0 bridgehead atoms. The van der Waals surface area contributed by atoms with Gasteiger partial charge < -0.3 is 5.32 Å². The Bertz CT molecular complexity index is 482. The molecular formula is C10H18N4O2S. The molecule has 1 aromatic rings. The van der Waals surface area contributed by atoms with Crippen LogP contribution < -0.4 is 10.0 Å². The number of H-pyrrole nitrogens is 1. The number of aromatic amines is 1. The fourth-order valence-electron chi connectivity index (χ4n) is 2.13. The second-order valence-corrected chi connectivity index (χ2v) is 6.24. The van der Waals surface area contributed by atoms with Crippen LogP contribution in [0.5, 0.6) is 0 Å². The van der Waals surface area contributed by atoms with Crippen LogP contribution in [-0.2, 0) is 10.0 Å². The summed E-state index contributed by atoms with van der Waals surface area (Å²) in [7, 11) is -3.44. The van der Waals surface area contributed by atoms with E-state index in [0.717, 1.165) is 19.4 Å². The van der Waals surface area contributed by atoms with Crippen LogP contribution in [0.1, 0.15) is 25.5 Å². The Morgan fingerprint density at radius 3 is 2.88 bits per heavy atom. The molecule has 0 spiro atoms. The third-order valence-electron chi connectivity index (χ3n) is 3.02. The minimum absolute atomic E-state index is 0.00514. The normalized spacial score (nSPS) is 26.0. The Morgan fingerprint density at radius 1 is 1.53 bits per heavy atom. The topological polar surface area (TPSA) is 86.9 Å². The van der Waals surface area contributed by atoms with Gasteiger partial charge in [-0.3, -0.25) is 5.10 Å². The predicted octanol–water partition coefficient (Wildman–Crippen LogP) is 0.137. The van der Waals surface area contributed by atoms with E-state index in [0.29, 0.717) is 11.7 Å². The van der Waals surface area contributed by atoms with Gasteiger partial charge in [-0.15, -0.1) is 0 Å². The van der Waals surface area contributed by atoms with E-state index < -0.39 is 10.0 Å². The van der Waals surface area contributed by atoms with Gasteiger partial charge in [0.2, 0.25) is 10.0 Å². The van der Waals surface area contributed by atoms with Crippen molar-refractivity contribution in [1.29, 1.82) is 0 Å². The molecule has 2 atom stereocenters. The Morgan fingerprint density at radius 2 is 2.29 bits per heavy atom. The SMILES string of the molecule is Cc1[nH]ncc1S(=O)(=O)NC1CCNC(C)C1. The first-order chi connectivity index (χ1) is 7.99. The van der Waals surface area contributed by atoms with Crippen molar-refractivity contribution in [1.82, 2.24) is 20.2 Å². The van der Waals surface area contributed by atoms with Gasteiger partial charge in [-0.1, -0.05) is 0 Å². The van der Waals surface area contributed by atoms with Crippen LogP contribution >= 0.6 is 0 Å². The minimum Gasteiger partial charge on any atom is -0.314 e. The van der Waals surface area contributed by atoms with Gasteiger partial charge in [0.15, 0.2) is 0 Å². The van der Waals surface area contributed by atoms with Gasteiger partial charge in [0.05, 0.1) is 11.9 Å². The third-order valence-corrected chi connectivity index (χ3v) is 4.65. The molecule has 2 rings (SSSR count). The van der Waals surface area contributed by atoms with E-state index in [1.165, 1.54) is 6.20 Å². The summed E-state index contributed by atoms with van der Waals surface area (Å²) in [6.07, 6.45) is 2.98. The van der Waals surface area contributed by atoms with Crippen LogP contribution in [0.3, 0.4) is 0 Å². The smallest absolute Gasteiger partial charge is 0.244 e. The van der Waals surface area contributed by atoms with Gasteiger partial charge >= 0.3 is 0 Å². The number of hydrogen-bond donors (Lipinski definition) is 3. The molecule has 2 heterocycles. The van der Waals surface area contributed by atoms with Crippen LogP contribution in [0.2, 0.25) is 0 Å². The van der Waals surface area contributed by atoms with Gasteiger partial charge in [-0.05, 0) is 33.2 Å². The molecule has 0 amide bonds. The molecule has 0 aromatic carbocycles. The van der Waals surface area contributed by atoms with Crippen molar-refractivity contribution < 1.29 is 8.42 Å². The zero-order valence-electron chi connectivity index (χ0n) is 10.0.